The fraction of sp³-hybridized carbons (Fsp3) is 0.182. The molecule has 0 saturated carbocycles. The van der Waals surface area contributed by atoms with Gasteiger partial charge >= 0.3 is 0 Å². The molecule has 6 rings (SSSR count). The zero-order valence-corrected chi connectivity index (χ0v) is 12.4. The van der Waals surface area contributed by atoms with Crippen molar-refractivity contribution in [1.29, 1.82) is 0 Å². The average molecular weight is 280 g/mol. The number of allylic oxidation sites excluding steroid dienone is 3. The standard InChI is InChI=1S/C22H16/c1-5-13-14-6-2-10-18(14)22-20-12-4-8-16(20)15-7-3-11-19(15)21(22)17(13)9-1/h1-3,5-8,12H,4,9-11H2. The van der Waals surface area contributed by atoms with E-state index in [2.05, 4.69) is 48.6 Å². The Kier molecular flexibility index (Phi) is 1.89. The molecule has 0 atom stereocenters. The maximum Gasteiger partial charge on any atom is -0.00607 e. The van der Waals surface area contributed by atoms with Gasteiger partial charge in [0.25, 0.3) is 0 Å². The van der Waals surface area contributed by atoms with Crippen molar-refractivity contribution in [2.75, 3.05) is 0 Å². The van der Waals surface area contributed by atoms with Crippen LogP contribution in [0.1, 0.15) is 39.8 Å². The molecule has 22 heavy (non-hydrogen) atoms. The third-order valence-corrected chi connectivity index (χ3v) is 5.73. The number of rotatable bonds is 0. The predicted octanol–water partition coefficient (Wildman–Crippen LogP) is 3.51. The Hall–Kier alpha value is -2.34. The van der Waals surface area contributed by atoms with Gasteiger partial charge in [-0.2, -0.15) is 0 Å². The van der Waals surface area contributed by atoms with Gasteiger partial charge in [0.2, 0.25) is 0 Å². The third kappa shape index (κ3) is 1.14. The molecule has 0 radical (unpaired) electrons. The molecule has 0 nitrogen and oxygen atoms in total. The van der Waals surface area contributed by atoms with Crippen LogP contribution in [0, 0.1) is 0 Å². The van der Waals surface area contributed by atoms with E-state index >= 15 is 0 Å². The zero-order valence-electron chi connectivity index (χ0n) is 12.4. The van der Waals surface area contributed by atoms with Crippen LogP contribution in [-0.2, 0) is 19.3 Å². The van der Waals surface area contributed by atoms with E-state index in [0.717, 1.165) is 25.7 Å². The first-order valence-corrected chi connectivity index (χ1v) is 8.30. The molecule has 2 aromatic rings. The second kappa shape index (κ2) is 3.70. The van der Waals surface area contributed by atoms with E-state index in [-0.39, 0.29) is 0 Å². The van der Waals surface area contributed by atoms with E-state index in [1.54, 1.807) is 27.5 Å². The summed E-state index contributed by atoms with van der Waals surface area (Å²) in [7, 11) is 0. The predicted molar refractivity (Wildman–Crippen MR) is 95.0 cm³/mol. The van der Waals surface area contributed by atoms with Crippen LogP contribution in [0.15, 0.2) is 18.2 Å². The maximum absolute atomic E-state index is 2.44. The van der Waals surface area contributed by atoms with Gasteiger partial charge in [0.15, 0.2) is 0 Å². The molecule has 0 aliphatic heterocycles. The molecular weight excluding hydrogens is 264 g/mol. The molecule has 0 bridgehead atoms. The van der Waals surface area contributed by atoms with E-state index in [9.17, 15) is 0 Å². The fourth-order valence-corrected chi connectivity index (χ4v) is 4.92. The summed E-state index contributed by atoms with van der Waals surface area (Å²) in [6.07, 6.45) is 23.3. The van der Waals surface area contributed by atoms with Gasteiger partial charge in [0, 0.05) is 0 Å². The quantitative estimate of drug-likeness (QED) is 0.693. The van der Waals surface area contributed by atoms with Crippen LogP contribution in [0.2, 0.25) is 0 Å². The maximum atomic E-state index is 2.44. The molecule has 4 aliphatic carbocycles. The molecule has 0 heterocycles. The Bertz CT molecular complexity index is 1100. The summed E-state index contributed by atoms with van der Waals surface area (Å²) >= 11 is 0. The number of hydrogen-bond donors (Lipinski definition) is 0. The van der Waals surface area contributed by atoms with Crippen molar-refractivity contribution in [3.05, 3.63) is 62.0 Å². The molecule has 0 fully saturated rings. The number of fused-ring (bicyclic) bond motifs is 11. The highest BCUT2D eigenvalue weighted by atomic mass is 14.3. The molecule has 0 heteroatoms. The van der Waals surface area contributed by atoms with E-state index in [4.69, 9.17) is 0 Å². The van der Waals surface area contributed by atoms with E-state index < -0.39 is 0 Å². The third-order valence-electron chi connectivity index (χ3n) is 5.73. The minimum absolute atomic E-state index is 1.09. The highest BCUT2D eigenvalue weighted by molar-refractivity contribution is 6.03. The van der Waals surface area contributed by atoms with Crippen LogP contribution in [0.25, 0.3) is 41.2 Å². The first-order chi connectivity index (χ1) is 10.9. The Morgan fingerprint density at radius 3 is 1.82 bits per heavy atom. The summed E-state index contributed by atoms with van der Waals surface area (Å²) in [5.41, 5.74) is 9.20. The number of benzene rings is 2. The van der Waals surface area contributed by atoms with Gasteiger partial charge in [0.05, 0.1) is 0 Å². The zero-order chi connectivity index (χ0) is 14.3. The topological polar surface area (TPSA) is 0 Å². The van der Waals surface area contributed by atoms with Gasteiger partial charge in [-0.15, -0.1) is 0 Å². The second-order valence-corrected chi connectivity index (χ2v) is 6.72. The molecule has 0 unspecified atom stereocenters. The summed E-state index contributed by atoms with van der Waals surface area (Å²) in [6, 6.07) is 0. The highest BCUT2D eigenvalue weighted by Gasteiger charge is 2.25. The Morgan fingerprint density at radius 1 is 0.545 bits per heavy atom. The van der Waals surface area contributed by atoms with Crippen LogP contribution in [0.5, 0.6) is 0 Å². The van der Waals surface area contributed by atoms with Crippen molar-refractivity contribution in [1.82, 2.24) is 0 Å². The molecule has 4 aliphatic rings. The van der Waals surface area contributed by atoms with Gasteiger partial charge in [0.1, 0.15) is 0 Å². The molecule has 0 N–H and O–H groups in total. The monoisotopic (exact) mass is 280 g/mol. The summed E-state index contributed by atoms with van der Waals surface area (Å²) < 4.78 is 0. The number of hydrogen-bond acceptors (Lipinski definition) is 0. The van der Waals surface area contributed by atoms with Crippen molar-refractivity contribution >= 4 is 41.2 Å². The first-order valence-electron chi connectivity index (χ1n) is 8.30. The largest absolute Gasteiger partial charge is 0.0795 e. The SMILES string of the molecule is C1=Cc2c3c(c4c5c(c6c(c4c2C1)CC=C6)=CCC=5)CC=C3. The van der Waals surface area contributed by atoms with Crippen LogP contribution >= 0.6 is 0 Å². The first kappa shape index (κ1) is 11.3. The summed E-state index contributed by atoms with van der Waals surface area (Å²) in [5, 5.41) is 6.15. The smallest absolute Gasteiger partial charge is 0.00607 e. The van der Waals surface area contributed by atoms with E-state index in [1.165, 1.54) is 27.1 Å². The molecule has 0 spiro atoms. The van der Waals surface area contributed by atoms with Crippen LogP contribution in [0.4, 0.5) is 0 Å². The lowest BCUT2D eigenvalue weighted by Crippen LogP contribution is -2.28. The molecular formula is C22H16. The van der Waals surface area contributed by atoms with Gasteiger partial charge in [-0.3, -0.25) is 0 Å². The van der Waals surface area contributed by atoms with Crippen LogP contribution < -0.4 is 10.4 Å². The minimum atomic E-state index is 1.09. The van der Waals surface area contributed by atoms with E-state index in [0.29, 0.717) is 0 Å². The minimum Gasteiger partial charge on any atom is -0.0795 e. The van der Waals surface area contributed by atoms with Crippen molar-refractivity contribution in [3.8, 4) is 0 Å². The second-order valence-electron chi connectivity index (χ2n) is 6.72. The lowest BCUT2D eigenvalue weighted by molar-refractivity contribution is 1.25. The van der Waals surface area contributed by atoms with Crippen LogP contribution in [-0.4, -0.2) is 0 Å². The van der Waals surface area contributed by atoms with Gasteiger partial charge in [-0.05, 0) is 80.3 Å². The highest BCUT2D eigenvalue weighted by Crippen LogP contribution is 2.40. The Balaban J connectivity index is 1.98. The lowest BCUT2D eigenvalue weighted by Gasteiger charge is -2.17. The Morgan fingerprint density at radius 2 is 1.09 bits per heavy atom. The normalized spacial score (nSPS) is 18.4. The summed E-state index contributed by atoms with van der Waals surface area (Å²) in [4.78, 5) is 0. The van der Waals surface area contributed by atoms with Gasteiger partial charge in [-0.25, -0.2) is 0 Å². The van der Waals surface area contributed by atoms with Gasteiger partial charge in [-0.1, -0.05) is 48.6 Å². The molecule has 104 valence electrons. The van der Waals surface area contributed by atoms with Crippen molar-refractivity contribution < 1.29 is 0 Å². The van der Waals surface area contributed by atoms with Gasteiger partial charge < -0.3 is 0 Å². The molecule has 2 aromatic carbocycles. The lowest BCUT2D eigenvalue weighted by atomic mass is 9.86. The summed E-state index contributed by atoms with van der Waals surface area (Å²) in [5.74, 6) is 0. The average Bonchev–Trinajstić information content (AvgIpc) is 3.28. The molecule has 0 saturated heterocycles. The van der Waals surface area contributed by atoms with Crippen molar-refractivity contribution in [2.45, 2.75) is 25.7 Å². The fourth-order valence-electron chi connectivity index (χ4n) is 4.92. The van der Waals surface area contributed by atoms with Crippen LogP contribution in [0.3, 0.4) is 0 Å². The summed E-state index contributed by atoms with van der Waals surface area (Å²) in [6.45, 7) is 0. The van der Waals surface area contributed by atoms with E-state index in [1.807, 2.05) is 0 Å². The molecule has 0 aromatic heterocycles. The van der Waals surface area contributed by atoms with Crippen molar-refractivity contribution in [2.24, 2.45) is 0 Å². The van der Waals surface area contributed by atoms with Crippen molar-refractivity contribution in [3.63, 3.8) is 0 Å². The Labute approximate surface area is 129 Å². The molecule has 0 amide bonds.